The minimum absolute atomic E-state index is 0.00698. The lowest BCUT2D eigenvalue weighted by molar-refractivity contribution is 0.182. The van der Waals surface area contributed by atoms with Crippen molar-refractivity contribution in [1.82, 2.24) is 20.4 Å². The van der Waals surface area contributed by atoms with E-state index in [9.17, 15) is 14.0 Å². The zero-order valence-corrected chi connectivity index (χ0v) is 22.6. The van der Waals surface area contributed by atoms with Crippen LogP contribution in [0.25, 0.3) is 15.8 Å². The molecule has 0 unspecified atom stereocenters. The summed E-state index contributed by atoms with van der Waals surface area (Å²) in [5.74, 6) is 0.627. The topological polar surface area (TPSA) is 131 Å². The third kappa shape index (κ3) is 6.38. The highest BCUT2D eigenvalue weighted by atomic mass is 32.1. The Bertz CT molecular complexity index is 1570. The SMILES string of the molecule is COCCNC(=O)N1CC=C(c2cc3nccc(Oc4ccc(NC(=O)Nc5cc(C)on5)cc4F)c3s2)CC1. The number of aromatic nitrogens is 2. The Kier molecular flexibility index (Phi) is 8.22. The van der Waals surface area contributed by atoms with Gasteiger partial charge in [0.25, 0.3) is 0 Å². The molecule has 3 aromatic heterocycles. The van der Waals surface area contributed by atoms with E-state index in [1.807, 2.05) is 12.1 Å². The van der Waals surface area contributed by atoms with Crippen LogP contribution in [0.15, 0.2) is 53.2 Å². The molecule has 11 nitrogen and oxygen atoms in total. The molecule has 0 spiro atoms. The van der Waals surface area contributed by atoms with Crippen molar-refractivity contribution in [3.05, 3.63) is 65.1 Å². The van der Waals surface area contributed by atoms with Gasteiger partial charge in [0.2, 0.25) is 0 Å². The second-order valence-electron chi connectivity index (χ2n) is 8.93. The maximum absolute atomic E-state index is 14.9. The highest BCUT2D eigenvalue weighted by Crippen LogP contribution is 2.39. The fraction of sp³-hybridized carbons (Fsp3) is 0.259. The van der Waals surface area contributed by atoms with E-state index in [1.165, 1.54) is 29.5 Å². The number of thiophene rings is 1. The van der Waals surface area contributed by atoms with E-state index in [0.29, 0.717) is 44.2 Å². The summed E-state index contributed by atoms with van der Waals surface area (Å²) < 4.78 is 31.5. The van der Waals surface area contributed by atoms with Crippen LogP contribution in [0.2, 0.25) is 0 Å². The molecule has 1 aliphatic heterocycles. The summed E-state index contributed by atoms with van der Waals surface area (Å²) in [6.45, 7) is 3.73. The van der Waals surface area contributed by atoms with Gasteiger partial charge in [-0.2, -0.15) is 0 Å². The van der Waals surface area contributed by atoms with Crippen LogP contribution in [-0.4, -0.2) is 60.5 Å². The number of nitrogens with zero attached hydrogens (tertiary/aromatic N) is 3. The maximum atomic E-state index is 14.9. The first-order chi connectivity index (χ1) is 19.4. The van der Waals surface area contributed by atoms with Gasteiger partial charge in [-0.1, -0.05) is 11.2 Å². The van der Waals surface area contributed by atoms with Gasteiger partial charge in [0.15, 0.2) is 17.4 Å². The number of ether oxygens (including phenoxy) is 2. The number of amides is 4. The van der Waals surface area contributed by atoms with Crippen LogP contribution in [0, 0.1) is 12.7 Å². The molecule has 40 heavy (non-hydrogen) atoms. The van der Waals surface area contributed by atoms with Gasteiger partial charge < -0.3 is 29.5 Å². The van der Waals surface area contributed by atoms with Crippen molar-refractivity contribution in [2.75, 3.05) is 44.0 Å². The average molecular weight is 567 g/mol. The molecule has 4 aromatic rings. The van der Waals surface area contributed by atoms with Gasteiger partial charge in [-0.15, -0.1) is 11.3 Å². The molecular weight excluding hydrogens is 539 g/mol. The normalized spacial score (nSPS) is 13.2. The Morgan fingerprint density at radius 1 is 1.18 bits per heavy atom. The predicted molar refractivity (Wildman–Crippen MR) is 149 cm³/mol. The summed E-state index contributed by atoms with van der Waals surface area (Å²) in [5, 5.41) is 11.6. The number of rotatable bonds is 8. The van der Waals surface area contributed by atoms with Crippen LogP contribution in [0.5, 0.6) is 11.5 Å². The molecule has 0 radical (unpaired) electrons. The smallest absolute Gasteiger partial charge is 0.324 e. The molecule has 0 fully saturated rings. The van der Waals surface area contributed by atoms with Crippen LogP contribution in [0.1, 0.15) is 17.1 Å². The van der Waals surface area contributed by atoms with Crippen molar-refractivity contribution in [3.63, 3.8) is 0 Å². The number of urea groups is 2. The Morgan fingerprint density at radius 2 is 2.05 bits per heavy atom. The van der Waals surface area contributed by atoms with Crippen molar-refractivity contribution >= 4 is 50.7 Å². The molecule has 0 aliphatic carbocycles. The second-order valence-corrected chi connectivity index (χ2v) is 9.99. The molecule has 1 aromatic carbocycles. The number of nitrogens with one attached hydrogen (secondary N) is 3. The Morgan fingerprint density at radius 3 is 2.77 bits per heavy atom. The molecule has 4 heterocycles. The number of methoxy groups -OCH3 is 1. The van der Waals surface area contributed by atoms with E-state index >= 15 is 0 Å². The molecule has 4 amide bonds. The number of carbonyl (C=O) groups is 2. The number of carbonyl (C=O) groups excluding carboxylic acids is 2. The number of hydrogen-bond donors (Lipinski definition) is 3. The molecule has 3 N–H and O–H groups in total. The van der Waals surface area contributed by atoms with Crippen LogP contribution in [-0.2, 0) is 4.74 Å². The van der Waals surface area contributed by atoms with Crippen molar-refractivity contribution in [2.24, 2.45) is 0 Å². The van der Waals surface area contributed by atoms with Crippen molar-refractivity contribution in [2.45, 2.75) is 13.3 Å². The molecule has 0 bridgehead atoms. The molecular formula is C27H27FN6O5S. The first-order valence-electron chi connectivity index (χ1n) is 12.5. The Labute approximate surface area is 232 Å². The zero-order chi connectivity index (χ0) is 28.1. The number of pyridine rings is 1. The number of aryl methyl sites for hydroxylation is 1. The van der Waals surface area contributed by atoms with Crippen molar-refractivity contribution in [3.8, 4) is 11.5 Å². The number of hydrogen-bond acceptors (Lipinski definition) is 8. The van der Waals surface area contributed by atoms with E-state index < -0.39 is 11.8 Å². The number of benzene rings is 1. The first kappa shape index (κ1) is 27.1. The minimum Gasteiger partial charge on any atom is -0.453 e. The molecule has 13 heteroatoms. The molecule has 5 rings (SSSR count). The summed E-state index contributed by atoms with van der Waals surface area (Å²) in [6, 6.07) is 8.67. The Balaban J connectivity index is 1.25. The predicted octanol–water partition coefficient (Wildman–Crippen LogP) is 5.61. The van der Waals surface area contributed by atoms with Crippen LogP contribution < -0.4 is 20.7 Å². The molecule has 0 saturated carbocycles. The van der Waals surface area contributed by atoms with Gasteiger partial charge in [0, 0.05) is 61.7 Å². The molecule has 1 aliphatic rings. The zero-order valence-electron chi connectivity index (χ0n) is 21.8. The fourth-order valence-corrected chi connectivity index (χ4v) is 5.22. The van der Waals surface area contributed by atoms with Gasteiger partial charge in [0.1, 0.15) is 11.5 Å². The largest absolute Gasteiger partial charge is 0.453 e. The molecule has 208 valence electrons. The third-order valence-corrected chi connectivity index (χ3v) is 7.26. The van der Waals surface area contributed by atoms with Crippen LogP contribution in [0.4, 0.5) is 25.5 Å². The van der Waals surface area contributed by atoms with Gasteiger partial charge in [-0.3, -0.25) is 10.3 Å². The van der Waals surface area contributed by atoms with E-state index in [-0.39, 0.29) is 23.3 Å². The van der Waals surface area contributed by atoms with E-state index in [2.05, 4.69) is 26.1 Å². The number of anilines is 2. The second kappa shape index (κ2) is 12.1. The standard InChI is InChI=1S/C27H27FN6O5S/c1-16-13-24(33-39-16)32-26(35)31-18-3-4-21(19(28)14-18)38-22-5-8-29-20-15-23(40-25(20)22)17-6-10-34(11-7-17)27(36)30-9-12-37-2/h3-6,8,13-15H,7,9-12H2,1-2H3,(H,30,36)(H2,31,32,33,35). The first-order valence-corrected chi connectivity index (χ1v) is 13.3. The summed E-state index contributed by atoms with van der Waals surface area (Å²) in [6.07, 6.45) is 4.35. The number of fused-ring (bicyclic) bond motifs is 1. The monoisotopic (exact) mass is 566 g/mol. The fourth-order valence-electron chi connectivity index (χ4n) is 4.09. The van der Waals surface area contributed by atoms with E-state index in [1.54, 1.807) is 37.3 Å². The highest BCUT2D eigenvalue weighted by Gasteiger charge is 2.20. The van der Waals surface area contributed by atoms with Gasteiger partial charge in [-0.25, -0.2) is 14.0 Å². The lowest BCUT2D eigenvalue weighted by Gasteiger charge is -2.26. The lowest BCUT2D eigenvalue weighted by atomic mass is 10.1. The average Bonchev–Trinajstić information content (AvgIpc) is 3.56. The van der Waals surface area contributed by atoms with Gasteiger partial charge in [-0.05, 0) is 37.1 Å². The summed E-state index contributed by atoms with van der Waals surface area (Å²) in [7, 11) is 1.59. The third-order valence-electron chi connectivity index (χ3n) is 6.05. The quantitative estimate of drug-likeness (QED) is 0.236. The summed E-state index contributed by atoms with van der Waals surface area (Å²) in [4.78, 5) is 31.7. The maximum Gasteiger partial charge on any atom is 0.324 e. The Hall–Kier alpha value is -4.49. The van der Waals surface area contributed by atoms with Crippen molar-refractivity contribution < 1.29 is 28.0 Å². The van der Waals surface area contributed by atoms with Crippen LogP contribution >= 0.6 is 11.3 Å². The summed E-state index contributed by atoms with van der Waals surface area (Å²) >= 11 is 1.50. The number of halogens is 1. The highest BCUT2D eigenvalue weighted by molar-refractivity contribution is 7.20. The van der Waals surface area contributed by atoms with Crippen molar-refractivity contribution in [1.29, 1.82) is 0 Å². The minimum atomic E-state index is -0.643. The van der Waals surface area contributed by atoms with Gasteiger partial charge in [0.05, 0.1) is 16.8 Å². The molecule has 0 saturated heterocycles. The lowest BCUT2D eigenvalue weighted by Crippen LogP contribution is -2.43. The van der Waals surface area contributed by atoms with Crippen LogP contribution in [0.3, 0.4) is 0 Å². The van der Waals surface area contributed by atoms with E-state index in [0.717, 1.165) is 20.7 Å². The molecule has 0 atom stereocenters. The summed E-state index contributed by atoms with van der Waals surface area (Å²) in [5.41, 5.74) is 2.10. The van der Waals surface area contributed by atoms with Gasteiger partial charge >= 0.3 is 12.1 Å². The van der Waals surface area contributed by atoms with E-state index in [4.69, 9.17) is 14.0 Å².